The van der Waals surface area contributed by atoms with Crippen LogP contribution in [0.4, 0.5) is 0 Å². The van der Waals surface area contributed by atoms with Crippen molar-refractivity contribution in [3.05, 3.63) is 35.4 Å². The molecule has 0 heterocycles. The summed E-state index contributed by atoms with van der Waals surface area (Å²) in [7, 11) is 0. The molecule has 2 heteroatoms. The summed E-state index contributed by atoms with van der Waals surface area (Å²) < 4.78 is 0. The van der Waals surface area contributed by atoms with E-state index in [0.717, 1.165) is 19.4 Å². The van der Waals surface area contributed by atoms with Crippen LogP contribution in [0.2, 0.25) is 0 Å². The molecule has 0 aliphatic rings. The van der Waals surface area contributed by atoms with Crippen molar-refractivity contribution in [2.24, 2.45) is 0 Å². The average molecular weight is 221 g/mol. The van der Waals surface area contributed by atoms with Gasteiger partial charge >= 0.3 is 0 Å². The Labute approximate surface area is 98.7 Å². The third kappa shape index (κ3) is 4.33. The minimum atomic E-state index is -0.219. The van der Waals surface area contributed by atoms with Gasteiger partial charge in [-0.3, -0.25) is 0 Å². The lowest BCUT2D eigenvalue weighted by Crippen LogP contribution is -2.24. The van der Waals surface area contributed by atoms with Gasteiger partial charge in [-0.15, -0.1) is 0 Å². The van der Waals surface area contributed by atoms with Crippen LogP contribution in [0.1, 0.15) is 43.9 Å². The van der Waals surface area contributed by atoms with E-state index in [1.807, 2.05) is 6.92 Å². The summed E-state index contributed by atoms with van der Waals surface area (Å²) in [5.74, 6) is 0. The number of benzene rings is 1. The zero-order valence-corrected chi connectivity index (χ0v) is 10.5. The van der Waals surface area contributed by atoms with Crippen LogP contribution >= 0.6 is 0 Å². The highest BCUT2D eigenvalue weighted by Gasteiger charge is 2.08. The van der Waals surface area contributed by atoms with E-state index in [-0.39, 0.29) is 6.10 Å². The summed E-state index contributed by atoms with van der Waals surface area (Å²) >= 11 is 0. The minimum Gasteiger partial charge on any atom is -0.393 e. The topological polar surface area (TPSA) is 32.3 Å². The molecule has 90 valence electrons. The second kappa shape index (κ2) is 6.66. The van der Waals surface area contributed by atoms with Crippen molar-refractivity contribution in [2.45, 2.75) is 45.8 Å². The Hall–Kier alpha value is -0.860. The molecule has 0 aromatic heterocycles. The van der Waals surface area contributed by atoms with Crippen LogP contribution in [0.3, 0.4) is 0 Å². The molecule has 0 radical (unpaired) electrons. The van der Waals surface area contributed by atoms with E-state index in [0.29, 0.717) is 6.04 Å². The van der Waals surface area contributed by atoms with Crippen molar-refractivity contribution < 1.29 is 5.11 Å². The van der Waals surface area contributed by atoms with E-state index in [9.17, 15) is 5.11 Å². The molecule has 16 heavy (non-hydrogen) atoms. The number of aliphatic hydroxyl groups excluding tert-OH is 1. The van der Waals surface area contributed by atoms with Crippen LogP contribution in [-0.4, -0.2) is 17.8 Å². The lowest BCUT2D eigenvalue weighted by Gasteiger charge is -2.18. The van der Waals surface area contributed by atoms with Crippen molar-refractivity contribution >= 4 is 0 Å². The Balaban J connectivity index is 2.50. The van der Waals surface area contributed by atoms with Crippen molar-refractivity contribution in [1.29, 1.82) is 0 Å². The van der Waals surface area contributed by atoms with Gasteiger partial charge in [0.05, 0.1) is 6.10 Å². The molecule has 1 aromatic carbocycles. The highest BCUT2D eigenvalue weighted by atomic mass is 16.3. The summed E-state index contributed by atoms with van der Waals surface area (Å²) in [6.45, 7) is 6.98. The Kier molecular flexibility index (Phi) is 5.50. The first-order chi connectivity index (χ1) is 7.63. The number of nitrogens with one attached hydrogen (secondary N) is 1. The first-order valence-corrected chi connectivity index (χ1v) is 6.11. The molecule has 2 unspecified atom stereocenters. The Bertz CT molecular complexity index is 292. The van der Waals surface area contributed by atoms with E-state index < -0.39 is 0 Å². The molecule has 2 nitrogen and oxygen atoms in total. The highest BCUT2D eigenvalue weighted by molar-refractivity contribution is 5.23. The Morgan fingerprint density at radius 3 is 2.38 bits per heavy atom. The van der Waals surface area contributed by atoms with Gasteiger partial charge in [0.15, 0.2) is 0 Å². The molecule has 0 saturated carbocycles. The van der Waals surface area contributed by atoms with Gasteiger partial charge in [0.2, 0.25) is 0 Å². The molecule has 2 atom stereocenters. The predicted molar refractivity (Wildman–Crippen MR) is 68.5 cm³/mol. The van der Waals surface area contributed by atoms with Crippen LogP contribution in [-0.2, 0) is 0 Å². The van der Waals surface area contributed by atoms with E-state index in [1.54, 1.807) is 0 Å². The first-order valence-electron chi connectivity index (χ1n) is 6.11. The third-order valence-corrected chi connectivity index (χ3v) is 2.84. The summed E-state index contributed by atoms with van der Waals surface area (Å²) in [4.78, 5) is 0. The number of aryl methyl sites for hydroxylation is 1. The second-order valence-corrected chi connectivity index (χ2v) is 4.46. The van der Waals surface area contributed by atoms with E-state index in [1.165, 1.54) is 11.1 Å². The van der Waals surface area contributed by atoms with Crippen LogP contribution in [0.25, 0.3) is 0 Å². The molecule has 1 aromatic rings. The summed E-state index contributed by atoms with van der Waals surface area (Å²) in [5.41, 5.74) is 2.63. The molecule has 0 fully saturated rings. The van der Waals surface area contributed by atoms with Gasteiger partial charge in [-0.1, -0.05) is 36.8 Å². The van der Waals surface area contributed by atoms with Crippen LogP contribution in [0.5, 0.6) is 0 Å². The quantitative estimate of drug-likeness (QED) is 0.774. The fourth-order valence-corrected chi connectivity index (χ4v) is 1.76. The Morgan fingerprint density at radius 2 is 1.88 bits per heavy atom. The zero-order chi connectivity index (χ0) is 12.0. The molecule has 0 aliphatic carbocycles. The monoisotopic (exact) mass is 221 g/mol. The van der Waals surface area contributed by atoms with Gasteiger partial charge in [-0.25, -0.2) is 0 Å². The van der Waals surface area contributed by atoms with Crippen LogP contribution in [0, 0.1) is 6.92 Å². The second-order valence-electron chi connectivity index (χ2n) is 4.46. The van der Waals surface area contributed by atoms with Crippen molar-refractivity contribution in [2.75, 3.05) is 6.54 Å². The summed E-state index contributed by atoms with van der Waals surface area (Å²) in [6.07, 6.45) is 1.66. The number of hydrogen-bond donors (Lipinski definition) is 2. The van der Waals surface area contributed by atoms with Crippen molar-refractivity contribution in [1.82, 2.24) is 5.32 Å². The highest BCUT2D eigenvalue weighted by Crippen LogP contribution is 2.16. The number of hydrogen-bond acceptors (Lipinski definition) is 2. The minimum absolute atomic E-state index is 0.219. The molecule has 0 saturated heterocycles. The maximum Gasteiger partial charge on any atom is 0.0524 e. The van der Waals surface area contributed by atoms with Gasteiger partial charge in [-0.2, -0.15) is 0 Å². The molecule has 0 amide bonds. The molecular formula is C14H23NO. The largest absolute Gasteiger partial charge is 0.393 e. The lowest BCUT2D eigenvalue weighted by atomic mass is 10.0. The van der Waals surface area contributed by atoms with E-state index in [4.69, 9.17) is 0 Å². The fraction of sp³-hybridized carbons (Fsp3) is 0.571. The Morgan fingerprint density at radius 1 is 1.25 bits per heavy atom. The van der Waals surface area contributed by atoms with E-state index >= 15 is 0 Å². The molecule has 2 N–H and O–H groups in total. The third-order valence-electron chi connectivity index (χ3n) is 2.84. The van der Waals surface area contributed by atoms with Crippen LogP contribution < -0.4 is 5.32 Å². The van der Waals surface area contributed by atoms with Crippen molar-refractivity contribution in [3.63, 3.8) is 0 Å². The SMILES string of the molecule is CCC(NCCC(C)O)c1ccc(C)cc1. The molecule has 0 bridgehead atoms. The standard InChI is InChI=1S/C14H23NO/c1-4-14(15-10-9-12(3)16)13-7-5-11(2)6-8-13/h5-8,12,14-16H,4,9-10H2,1-3H3. The summed E-state index contributed by atoms with van der Waals surface area (Å²) in [6, 6.07) is 9.06. The van der Waals surface area contributed by atoms with Gasteiger partial charge in [0, 0.05) is 6.04 Å². The number of aliphatic hydroxyl groups is 1. The van der Waals surface area contributed by atoms with Crippen molar-refractivity contribution in [3.8, 4) is 0 Å². The summed E-state index contributed by atoms with van der Waals surface area (Å²) in [5, 5.41) is 12.7. The fourth-order valence-electron chi connectivity index (χ4n) is 1.76. The molecular weight excluding hydrogens is 198 g/mol. The average Bonchev–Trinajstić information content (AvgIpc) is 2.26. The lowest BCUT2D eigenvalue weighted by molar-refractivity contribution is 0.182. The van der Waals surface area contributed by atoms with Gasteiger partial charge in [-0.05, 0) is 38.8 Å². The maximum atomic E-state index is 9.20. The maximum absolute atomic E-state index is 9.20. The van der Waals surface area contributed by atoms with E-state index in [2.05, 4.69) is 43.4 Å². The van der Waals surface area contributed by atoms with Gasteiger partial charge in [0.25, 0.3) is 0 Å². The predicted octanol–water partition coefficient (Wildman–Crippen LogP) is 2.81. The zero-order valence-electron chi connectivity index (χ0n) is 10.5. The molecule has 0 aliphatic heterocycles. The molecule has 1 rings (SSSR count). The normalized spacial score (nSPS) is 14.8. The van der Waals surface area contributed by atoms with Gasteiger partial charge < -0.3 is 10.4 Å². The smallest absolute Gasteiger partial charge is 0.0524 e. The van der Waals surface area contributed by atoms with Crippen LogP contribution in [0.15, 0.2) is 24.3 Å². The van der Waals surface area contributed by atoms with Gasteiger partial charge in [0.1, 0.15) is 0 Å². The number of rotatable bonds is 6. The molecule has 0 spiro atoms. The first kappa shape index (κ1) is 13.2.